The van der Waals surface area contributed by atoms with Gasteiger partial charge >= 0.3 is 0 Å². The van der Waals surface area contributed by atoms with Crippen LogP contribution in [0.25, 0.3) is 84.6 Å². The number of aryl methyl sites for hydroxylation is 7. The molecule has 12 aromatic rings. The average Bonchev–Trinajstić information content (AvgIpc) is 1.55. The minimum atomic E-state index is -0.171. The van der Waals surface area contributed by atoms with E-state index >= 15 is 0 Å². The fourth-order valence-electron chi connectivity index (χ4n) is 12.9. The van der Waals surface area contributed by atoms with Gasteiger partial charge in [-0.2, -0.15) is 0 Å². The van der Waals surface area contributed by atoms with Crippen molar-refractivity contribution in [3.8, 4) is 84.6 Å². The second-order valence-electron chi connectivity index (χ2n) is 29.2. The molecule has 0 aliphatic rings. The molecular weight excluding hydrogens is 1150 g/mol. The van der Waals surface area contributed by atoms with E-state index in [1.807, 2.05) is 6.07 Å². The predicted octanol–water partition coefficient (Wildman–Crippen LogP) is 22.1. The van der Waals surface area contributed by atoms with Gasteiger partial charge in [0.2, 0.25) is 0 Å². The summed E-state index contributed by atoms with van der Waals surface area (Å²) in [5, 5.41) is 28.2. The summed E-state index contributed by atoms with van der Waals surface area (Å²) in [5.74, 6) is 6.42. The molecule has 0 saturated heterocycles. The van der Waals surface area contributed by atoms with E-state index in [1.165, 1.54) is 94.8 Å². The van der Waals surface area contributed by atoms with Gasteiger partial charge in [-0.05, 0) is 163 Å². The van der Waals surface area contributed by atoms with E-state index in [2.05, 4.69) is 367 Å². The van der Waals surface area contributed by atoms with Crippen LogP contribution in [0.15, 0.2) is 200 Å². The summed E-state index contributed by atoms with van der Waals surface area (Å²) < 4.78 is 6.85. The van der Waals surface area contributed by atoms with Crippen LogP contribution < -0.4 is 0 Å². The lowest BCUT2D eigenvalue weighted by Gasteiger charge is -2.26. The second kappa shape index (κ2) is 27.5. The zero-order valence-electron chi connectivity index (χ0n) is 59.2. The Labute approximate surface area is 560 Å². The molecule has 3 aromatic heterocycles. The van der Waals surface area contributed by atoms with E-state index < -0.39 is 0 Å². The summed E-state index contributed by atoms with van der Waals surface area (Å²) in [6.07, 6.45) is 0. The summed E-state index contributed by atoms with van der Waals surface area (Å²) >= 11 is 0. The third-order valence-electron chi connectivity index (χ3n) is 17.3. The Hall–Kier alpha value is -9.60. The molecule has 0 saturated carbocycles. The number of benzene rings is 9. The Balaban J connectivity index is 0.000000155. The minimum absolute atomic E-state index is 0.118. The SMILES string of the molecule is Cc1cc(C)c(-n2c(-c3cccc(-c4ccccc4)c3)nnc2C(C)(C)C)c(C)c1.Cc1cccc(-c2nnc(C(C)(C)C)n2-c2c(C(C)C)cccc2C(C)C)c1.Cc1ccccc1-c1cccc(-c2nnc(C(C)(C)C)n2-c2c(C)cc(-c3ccccc3)cc2C)c1. The third-order valence-corrected chi connectivity index (χ3v) is 17.3. The monoisotopic (exact) mass is 1240 g/mol. The van der Waals surface area contributed by atoms with Gasteiger partial charge in [0.25, 0.3) is 0 Å². The van der Waals surface area contributed by atoms with Crippen molar-refractivity contribution in [3.63, 3.8) is 0 Å². The molecule has 0 N–H and O–H groups in total. The van der Waals surface area contributed by atoms with E-state index in [1.54, 1.807) is 0 Å². The van der Waals surface area contributed by atoms with Crippen molar-refractivity contribution in [1.82, 2.24) is 44.3 Å². The fourth-order valence-corrected chi connectivity index (χ4v) is 12.9. The largest absolute Gasteiger partial charge is 0.278 e. The standard InChI is InChI=1S/C33H33N3.C27H29N3.C25H33N3/c1-22-13-10-11-18-29(22)26-16-12-17-27(21-26)31-34-35-32(33(4,5)6)36(31)30-23(2)19-28(20-24(30)3)25-14-8-7-9-15-25;1-18-15-19(2)24(20(3)16-18)30-25(28-29-26(30)27(4,5)6)23-14-10-13-22(17-23)21-11-8-7-9-12-21;1-16(2)20-13-10-14-21(17(3)4)22(20)28-23(19-12-9-11-18(5)15-19)26-27-24(28)25(6,7)8/h7-21H,1-6H3;7-17H,1-6H3;9-17H,1-8H3. The lowest BCUT2D eigenvalue weighted by Crippen LogP contribution is -2.21. The Morgan fingerprint density at radius 3 is 1.03 bits per heavy atom. The molecule has 3 heterocycles. The number of rotatable bonds is 11. The molecule has 0 atom stereocenters. The summed E-state index contributed by atoms with van der Waals surface area (Å²) in [7, 11) is 0. The van der Waals surface area contributed by atoms with E-state index in [4.69, 9.17) is 10.2 Å². The van der Waals surface area contributed by atoms with Gasteiger partial charge in [0.15, 0.2) is 17.5 Å². The van der Waals surface area contributed by atoms with Crippen molar-refractivity contribution in [1.29, 1.82) is 0 Å². The van der Waals surface area contributed by atoms with E-state index in [0.29, 0.717) is 11.8 Å². The van der Waals surface area contributed by atoms with Crippen molar-refractivity contribution in [2.45, 2.75) is 167 Å². The maximum atomic E-state index is 4.76. The third kappa shape index (κ3) is 14.4. The van der Waals surface area contributed by atoms with Gasteiger partial charge in [0, 0.05) is 32.9 Å². The van der Waals surface area contributed by atoms with Crippen LogP contribution in [0.4, 0.5) is 0 Å². The molecule has 0 aliphatic carbocycles. The molecular formula is C85H95N9. The lowest BCUT2D eigenvalue weighted by molar-refractivity contribution is 0.531. The maximum absolute atomic E-state index is 4.76. The number of hydrogen-bond donors (Lipinski definition) is 0. The molecule has 0 radical (unpaired) electrons. The van der Waals surface area contributed by atoms with Crippen LogP contribution in [0.3, 0.4) is 0 Å². The van der Waals surface area contributed by atoms with Crippen LogP contribution >= 0.6 is 0 Å². The topological polar surface area (TPSA) is 92.1 Å². The van der Waals surface area contributed by atoms with Gasteiger partial charge in [0.05, 0.1) is 17.1 Å². The van der Waals surface area contributed by atoms with Crippen molar-refractivity contribution in [2.24, 2.45) is 0 Å². The molecule has 0 spiro atoms. The molecule has 0 amide bonds. The molecule has 9 aromatic carbocycles. The number of aromatic nitrogens is 9. The molecule has 12 rings (SSSR count). The summed E-state index contributed by atoms with van der Waals surface area (Å²) in [6, 6.07) is 71.0. The van der Waals surface area contributed by atoms with Crippen LogP contribution in [-0.2, 0) is 16.2 Å². The lowest BCUT2D eigenvalue weighted by atomic mass is 9.90. The fraction of sp³-hybridized carbons (Fsp3) is 0.294. The minimum Gasteiger partial charge on any atom is -0.278 e. The highest BCUT2D eigenvalue weighted by Gasteiger charge is 2.31. The number of nitrogens with zero attached hydrogens (tertiary/aromatic N) is 9. The molecule has 0 unspecified atom stereocenters. The van der Waals surface area contributed by atoms with Crippen LogP contribution in [-0.4, -0.2) is 44.3 Å². The Morgan fingerprint density at radius 2 is 0.606 bits per heavy atom. The molecule has 0 aliphatic heterocycles. The molecule has 0 fully saturated rings. The predicted molar refractivity (Wildman–Crippen MR) is 394 cm³/mol. The Kier molecular flexibility index (Phi) is 19.7. The van der Waals surface area contributed by atoms with Gasteiger partial charge in [-0.1, -0.05) is 271 Å². The molecule has 0 bridgehead atoms. The van der Waals surface area contributed by atoms with Gasteiger partial charge in [-0.3, -0.25) is 13.7 Å². The van der Waals surface area contributed by atoms with Crippen molar-refractivity contribution in [2.75, 3.05) is 0 Å². The summed E-state index contributed by atoms with van der Waals surface area (Å²) in [5.41, 5.74) is 25.0. The molecule has 94 heavy (non-hydrogen) atoms. The van der Waals surface area contributed by atoms with E-state index in [0.717, 1.165) is 57.3 Å². The Morgan fingerprint density at radius 1 is 0.266 bits per heavy atom. The normalized spacial score (nSPS) is 11.8. The van der Waals surface area contributed by atoms with Crippen LogP contribution in [0.1, 0.15) is 169 Å². The van der Waals surface area contributed by atoms with Crippen molar-refractivity contribution >= 4 is 0 Å². The Bertz CT molecular complexity index is 4550. The van der Waals surface area contributed by atoms with Crippen LogP contribution in [0.5, 0.6) is 0 Å². The van der Waals surface area contributed by atoms with Gasteiger partial charge in [-0.25, -0.2) is 0 Å². The quantitative estimate of drug-likeness (QED) is 0.128. The maximum Gasteiger partial charge on any atom is 0.168 e. The number of para-hydroxylation sites is 1. The first kappa shape index (κ1) is 67.3. The highest BCUT2D eigenvalue weighted by molar-refractivity contribution is 5.76. The number of hydrogen-bond acceptors (Lipinski definition) is 6. The smallest absolute Gasteiger partial charge is 0.168 e. The van der Waals surface area contributed by atoms with Gasteiger partial charge in [-0.15, -0.1) is 30.6 Å². The van der Waals surface area contributed by atoms with Gasteiger partial charge < -0.3 is 0 Å². The highest BCUT2D eigenvalue weighted by Crippen LogP contribution is 2.40. The average molecular weight is 1240 g/mol. The first-order valence-electron chi connectivity index (χ1n) is 33.3. The zero-order valence-corrected chi connectivity index (χ0v) is 59.2. The zero-order chi connectivity index (χ0) is 67.6. The molecule has 9 heteroatoms. The first-order valence-corrected chi connectivity index (χ1v) is 33.3. The van der Waals surface area contributed by atoms with Gasteiger partial charge in [0.1, 0.15) is 17.5 Å². The molecule has 480 valence electrons. The summed E-state index contributed by atoms with van der Waals surface area (Å²) in [6.45, 7) is 44.0. The van der Waals surface area contributed by atoms with E-state index in [9.17, 15) is 0 Å². The second-order valence-corrected chi connectivity index (χ2v) is 29.2. The first-order chi connectivity index (χ1) is 44.6. The van der Waals surface area contributed by atoms with Crippen LogP contribution in [0.2, 0.25) is 0 Å². The molecule has 9 nitrogen and oxygen atoms in total. The van der Waals surface area contributed by atoms with Crippen molar-refractivity contribution < 1.29 is 0 Å². The van der Waals surface area contributed by atoms with Crippen LogP contribution in [0, 0.1) is 48.5 Å². The van der Waals surface area contributed by atoms with E-state index in [-0.39, 0.29) is 16.2 Å². The highest BCUT2D eigenvalue weighted by atomic mass is 15.3. The van der Waals surface area contributed by atoms with Crippen molar-refractivity contribution in [3.05, 3.63) is 268 Å². The summed E-state index contributed by atoms with van der Waals surface area (Å²) in [4.78, 5) is 0.